The van der Waals surface area contributed by atoms with Crippen LogP contribution in [-0.2, 0) is 0 Å². The van der Waals surface area contributed by atoms with Gasteiger partial charge < -0.3 is 28.5 Å². The molecule has 0 atom stereocenters. The first-order valence-corrected chi connectivity index (χ1v) is 22.8. The van der Waals surface area contributed by atoms with Gasteiger partial charge in [-0.2, -0.15) is 0 Å². The van der Waals surface area contributed by atoms with Crippen molar-refractivity contribution in [1.29, 1.82) is 0 Å². The van der Waals surface area contributed by atoms with Crippen LogP contribution in [0.3, 0.4) is 0 Å². The van der Waals surface area contributed by atoms with E-state index in [1.165, 1.54) is 8.47 Å². The number of aromatic nitrogens is 2. The Morgan fingerprint density at radius 2 is 0.746 bits per heavy atom. The van der Waals surface area contributed by atoms with E-state index in [2.05, 4.69) is 0 Å². The molecule has 15 heteroatoms. The monoisotopic (exact) mass is 862 g/mol. The molecule has 4 aliphatic heterocycles. The van der Waals surface area contributed by atoms with Gasteiger partial charge in [0.25, 0.3) is 0 Å². The maximum Gasteiger partial charge on any atom is 0.597 e. The van der Waals surface area contributed by atoms with Crippen LogP contribution < -0.4 is 29.9 Å². The van der Waals surface area contributed by atoms with Crippen LogP contribution in [0.1, 0.15) is 105 Å². The molecule has 0 radical (unpaired) electrons. The highest BCUT2D eigenvalue weighted by Crippen LogP contribution is 2.44. The van der Waals surface area contributed by atoms with E-state index < -0.39 is 31.3 Å². The molecule has 2 N–H and O–H groups in total. The molecule has 0 unspecified atom stereocenters. The van der Waals surface area contributed by atoms with E-state index >= 15 is 0 Å². The zero-order valence-corrected chi connectivity index (χ0v) is 38.5. The van der Waals surface area contributed by atoms with E-state index in [1.54, 1.807) is 0 Å². The molecule has 4 aliphatic rings. The van der Waals surface area contributed by atoms with Crippen LogP contribution in [0.25, 0.3) is 21.5 Å². The fourth-order valence-corrected chi connectivity index (χ4v) is 10.3. The topological polar surface area (TPSA) is 161 Å². The first-order valence-electron chi connectivity index (χ1n) is 21.1. The Bertz CT molecular complexity index is 3250. The number of benzene rings is 4. The van der Waals surface area contributed by atoms with Crippen molar-refractivity contribution >= 4 is 65.4 Å². The highest BCUT2D eigenvalue weighted by molar-refractivity contribution is 6.63. The molecule has 0 saturated heterocycles. The fraction of sp³-hybridized carbons (Fsp3) is 0.333. The number of hydrogen-bond acceptors (Lipinski definition) is 12. The minimum absolute atomic E-state index is 0.211. The smallest absolute Gasteiger partial charge is 0.488 e. The van der Waals surface area contributed by atoms with Gasteiger partial charge >= 0.3 is 8.88 Å². The average Bonchev–Trinajstić information content (AvgIpc) is 3.84. The maximum absolute atomic E-state index is 13.4. The molecule has 2 aromatic heterocycles. The van der Waals surface area contributed by atoms with Crippen LogP contribution >= 0.6 is 0 Å². The van der Waals surface area contributed by atoms with Crippen LogP contribution in [0.4, 0.5) is 11.6 Å². The molecule has 0 aliphatic carbocycles. The van der Waals surface area contributed by atoms with Crippen molar-refractivity contribution in [3.8, 4) is 23.0 Å². The van der Waals surface area contributed by atoms with E-state index in [1.807, 2.05) is 156 Å². The van der Waals surface area contributed by atoms with Gasteiger partial charge in [-0.05, 0) is 156 Å². The van der Waals surface area contributed by atoms with Crippen LogP contribution in [-0.4, -0.2) is 72.7 Å². The van der Waals surface area contributed by atoms with E-state index in [9.17, 15) is 9.59 Å². The van der Waals surface area contributed by atoms with Gasteiger partial charge in [0.05, 0.1) is 0 Å². The predicted molar refractivity (Wildman–Crippen MR) is 247 cm³/mol. The third-order valence-electron chi connectivity index (χ3n) is 10.3. The lowest BCUT2D eigenvalue weighted by atomic mass is 10.1. The summed E-state index contributed by atoms with van der Waals surface area (Å²) in [6.45, 7) is 23.8. The van der Waals surface area contributed by atoms with Gasteiger partial charge in [-0.15, -0.1) is 0 Å². The Kier molecular flexibility index (Phi) is 8.58. The molecule has 0 fully saturated rings. The Morgan fingerprint density at radius 1 is 0.381 bits per heavy atom. The summed E-state index contributed by atoms with van der Waals surface area (Å²) in [6, 6.07) is 22.6. The third-order valence-corrected chi connectivity index (χ3v) is 12.4. The largest absolute Gasteiger partial charge is 0.597 e. The number of nitrogens with zero attached hydrogens (tertiary/aromatic N) is 8. The molecule has 63 heavy (non-hydrogen) atoms. The Labute approximate surface area is 365 Å². The van der Waals surface area contributed by atoms with Gasteiger partial charge in [-0.3, -0.25) is 8.47 Å². The molecule has 322 valence electrons. The Balaban J connectivity index is 1.39. The van der Waals surface area contributed by atoms with Crippen LogP contribution in [0.15, 0.2) is 103 Å². The summed E-state index contributed by atoms with van der Waals surface area (Å²) < 4.78 is 28.3. The number of rotatable bonds is 4. The Hall–Kier alpha value is -6.42. The minimum atomic E-state index is -5.14. The number of fused-ring (bicyclic) bond motifs is 14. The van der Waals surface area contributed by atoms with Gasteiger partial charge in [-0.1, -0.05) is 0 Å². The first kappa shape index (κ1) is 40.6. The van der Waals surface area contributed by atoms with Gasteiger partial charge in [0, 0.05) is 43.8 Å². The predicted octanol–water partition coefficient (Wildman–Crippen LogP) is 8.07. The van der Waals surface area contributed by atoms with Crippen molar-refractivity contribution < 1.29 is 28.5 Å². The number of amidine groups is 4. The van der Waals surface area contributed by atoms with Gasteiger partial charge in [0.1, 0.15) is 68.0 Å². The number of aliphatic imine (C=N–C) groups is 4. The summed E-state index contributed by atoms with van der Waals surface area (Å²) in [6.07, 6.45) is 0. The van der Waals surface area contributed by atoms with Gasteiger partial charge in [0.15, 0.2) is 23.3 Å². The average molecular weight is 863 g/mol. The molecule has 6 heterocycles. The molecular formula is C48H50N8O6Si. The summed E-state index contributed by atoms with van der Waals surface area (Å²) in [5.74, 6) is 4.10. The molecule has 0 saturated carbocycles. The second-order valence-electron chi connectivity index (χ2n) is 20.2. The fourth-order valence-electron chi connectivity index (χ4n) is 8.26. The SMILES string of the molecule is CC(C)(C)Oc1ccc2c(c1)C1=NC/2=N\c2c3cc(OC(C)(C)C)ccc3c3n2[Si](O)(O)n2/c(c4ccc(OC(C)(C)C)cc4/c2=N/C2=NC(=N\3)/c3cc(OC(C)(C)C)ccc32)=N\1. The summed E-state index contributed by atoms with van der Waals surface area (Å²) in [5, 5.41) is 2.29. The highest BCUT2D eigenvalue weighted by atomic mass is 28.4. The summed E-state index contributed by atoms with van der Waals surface area (Å²) in [5.41, 5.74) is 1.13. The minimum Gasteiger partial charge on any atom is -0.488 e. The van der Waals surface area contributed by atoms with E-state index in [-0.39, 0.29) is 22.6 Å². The summed E-state index contributed by atoms with van der Waals surface area (Å²) in [4.78, 5) is 58.0. The Morgan fingerprint density at radius 3 is 1.24 bits per heavy atom. The van der Waals surface area contributed by atoms with E-state index in [0.717, 1.165) is 0 Å². The highest BCUT2D eigenvalue weighted by Gasteiger charge is 2.47. The van der Waals surface area contributed by atoms with Gasteiger partial charge in [0.2, 0.25) is 0 Å². The molecule has 4 aromatic carbocycles. The van der Waals surface area contributed by atoms with Crippen molar-refractivity contribution in [1.82, 2.24) is 8.47 Å². The van der Waals surface area contributed by atoms with E-state index in [0.29, 0.717) is 90.1 Å². The maximum atomic E-state index is 13.4. The molecule has 14 nitrogen and oxygen atoms in total. The standard InChI is InChI=1S/C48H50N8O6Si/c1-45(2,3)59-25-13-17-29-33(21-25)39-49-37(29)51-43-36-24-28(62-48(10,11)12)16-20-32(36)42-54-40-34-22-26(60-46(4,5)6)14-18-30(34)38(50-40)52-44-35-23-27(61-47(7,8)9)15-19-31(35)41(53-39)55(44)63(57,58)56(42)43/h13-24,57-58H,1-12H3/b51-37-,51-43?,52-38?,52-44-,53-39?,53-41-,54-40-,54-42?. The van der Waals surface area contributed by atoms with Crippen molar-refractivity contribution in [2.75, 3.05) is 0 Å². The van der Waals surface area contributed by atoms with Crippen LogP contribution in [0.5, 0.6) is 23.0 Å². The first-order chi connectivity index (χ1) is 29.4. The van der Waals surface area contributed by atoms with Crippen molar-refractivity contribution in [3.05, 3.63) is 106 Å². The second-order valence-corrected chi connectivity index (χ2v) is 22.3. The molecule has 6 bridgehead atoms. The zero-order chi connectivity index (χ0) is 44.8. The molecule has 0 spiro atoms. The summed E-state index contributed by atoms with van der Waals surface area (Å²) >= 11 is 0. The summed E-state index contributed by atoms with van der Waals surface area (Å²) in [7, 11) is -5.14. The molecule has 6 aromatic rings. The molecular weight excluding hydrogens is 813 g/mol. The van der Waals surface area contributed by atoms with Crippen LogP contribution in [0.2, 0.25) is 0 Å². The lowest BCUT2D eigenvalue weighted by Gasteiger charge is -2.23. The van der Waals surface area contributed by atoms with E-state index in [4.69, 9.17) is 48.9 Å². The molecule has 10 rings (SSSR count). The second kappa shape index (κ2) is 13.3. The third kappa shape index (κ3) is 7.13. The number of ether oxygens (including phenoxy) is 4. The van der Waals surface area contributed by atoms with Crippen molar-refractivity contribution in [2.24, 2.45) is 30.0 Å². The normalized spacial score (nSPS) is 19.0. The lowest BCUT2D eigenvalue weighted by Crippen LogP contribution is -2.60. The van der Waals surface area contributed by atoms with Gasteiger partial charge in [-0.25, -0.2) is 30.0 Å². The van der Waals surface area contributed by atoms with Crippen LogP contribution in [0, 0.1) is 0 Å². The zero-order valence-electron chi connectivity index (χ0n) is 37.5. The number of hydrogen-bond donors (Lipinski definition) is 2. The van der Waals surface area contributed by atoms with Crippen molar-refractivity contribution in [2.45, 2.75) is 105 Å². The lowest BCUT2D eigenvalue weighted by molar-refractivity contribution is 0.130. The molecule has 0 amide bonds. The quantitative estimate of drug-likeness (QED) is 0.171. The van der Waals surface area contributed by atoms with Crippen molar-refractivity contribution in [3.63, 3.8) is 0 Å².